The molecular weight excluding hydrogens is 268 g/mol. The van der Waals surface area contributed by atoms with Gasteiger partial charge in [-0.1, -0.05) is 41.9 Å². The average molecular weight is 283 g/mol. The molecule has 1 aliphatic carbocycles. The fourth-order valence-electron chi connectivity index (χ4n) is 2.31. The predicted molar refractivity (Wildman–Crippen MR) is 81.8 cm³/mol. The van der Waals surface area contributed by atoms with E-state index in [1.54, 1.807) is 0 Å². The Morgan fingerprint density at radius 1 is 1.15 bits per heavy atom. The number of nitrogens with one attached hydrogen (secondary N) is 1. The van der Waals surface area contributed by atoms with E-state index in [-0.39, 0.29) is 6.04 Å². The molecule has 3 rings (SSSR count). The second-order valence-corrected chi connectivity index (χ2v) is 5.59. The molecule has 2 nitrogen and oxygen atoms in total. The van der Waals surface area contributed by atoms with Crippen LogP contribution < -0.4 is 5.32 Å². The highest BCUT2D eigenvalue weighted by Crippen LogP contribution is 2.40. The van der Waals surface area contributed by atoms with E-state index in [0.717, 1.165) is 17.2 Å². The van der Waals surface area contributed by atoms with Gasteiger partial charge in [0.15, 0.2) is 0 Å². The number of hydrogen-bond acceptors (Lipinski definition) is 2. The first-order valence-electron chi connectivity index (χ1n) is 6.78. The molecule has 2 aromatic carbocycles. The highest BCUT2D eigenvalue weighted by molar-refractivity contribution is 6.30. The van der Waals surface area contributed by atoms with E-state index in [9.17, 15) is 5.26 Å². The molecule has 1 unspecified atom stereocenters. The summed E-state index contributed by atoms with van der Waals surface area (Å²) in [5.74, 6) is 0.741. The highest BCUT2D eigenvalue weighted by atomic mass is 35.5. The summed E-state index contributed by atoms with van der Waals surface area (Å²) < 4.78 is 0. The van der Waals surface area contributed by atoms with Crippen molar-refractivity contribution in [1.82, 2.24) is 0 Å². The molecule has 0 aromatic heterocycles. The van der Waals surface area contributed by atoms with Crippen molar-refractivity contribution in [3.05, 3.63) is 64.7 Å². The first-order valence-corrected chi connectivity index (χ1v) is 7.15. The normalized spacial score (nSPS) is 15.4. The Morgan fingerprint density at radius 2 is 1.90 bits per heavy atom. The highest BCUT2D eigenvalue weighted by Gasteiger charge is 2.23. The van der Waals surface area contributed by atoms with Crippen LogP contribution in [0.5, 0.6) is 0 Å². The SMILES string of the molecule is N#CC(Nc1cccc(Cl)c1)c1ccc(C2CC2)cc1. The van der Waals surface area contributed by atoms with Gasteiger partial charge in [-0.3, -0.25) is 0 Å². The van der Waals surface area contributed by atoms with Gasteiger partial charge in [0, 0.05) is 10.7 Å². The van der Waals surface area contributed by atoms with Crippen LogP contribution in [0.15, 0.2) is 48.5 Å². The van der Waals surface area contributed by atoms with Crippen LogP contribution in [0.2, 0.25) is 5.02 Å². The number of anilines is 1. The number of rotatable bonds is 4. The van der Waals surface area contributed by atoms with Gasteiger partial charge >= 0.3 is 0 Å². The Morgan fingerprint density at radius 3 is 2.50 bits per heavy atom. The molecule has 1 saturated carbocycles. The zero-order valence-electron chi connectivity index (χ0n) is 11.0. The minimum Gasteiger partial charge on any atom is -0.366 e. The standard InChI is InChI=1S/C17H15ClN2/c18-15-2-1-3-16(10-15)20-17(11-19)14-8-6-13(7-9-14)12-4-5-12/h1-3,6-10,12,17,20H,4-5H2. The molecule has 0 bridgehead atoms. The third-order valence-corrected chi connectivity index (χ3v) is 3.82. The van der Waals surface area contributed by atoms with Crippen LogP contribution in [0.1, 0.15) is 35.9 Å². The van der Waals surface area contributed by atoms with Crippen LogP contribution >= 0.6 is 11.6 Å². The second kappa shape index (κ2) is 5.56. The number of hydrogen-bond donors (Lipinski definition) is 1. The topological polar surface area (TPSA) is 35.8 Å². The van der Waals surface area contributed by atoms with Crippen LogP contribution in [0.3, 0.4) is 0 Å². The van der Waals surface area contributed by atoms with E-state index in [2.05, 4.69) is 23.5 Å². The van der Waals surface area contributed by atoms with Gasteiger partial charge in [0.2, 0.25) is 0 Å². The average Bonchev–Trinajstić information content (AvgIpc) is 3.30. The molecule has 1 N–H and O–H groups in total. The number of nitrogens with zero attached hydrogens (tertiary/aromatic N) is 1. The maximum absolute atomic E-state index is 9.36. The largest absolute Gasteiger partial charge is 0.366 e. The molecule has 20 heavy (non-hydrogen) atoms. The Bertz CT molecular complexity index is 639. The van der Waals surface area contributed by atoms with E-state index in [1.807, 2.05) is 36.4 Å². The lowest BCUT2D eigenvalue weighted by Crippen LogP contribution is -2.08. The molecule has 0 aliphatic heterocycles. The van der Waals surface area contributed by atoms with E-state index in [0.29, 0.717) is 5.02 Å². The van der Waals surface area contributed by atoms with Crippen molar-refractivity contribution in [1.29, 1.82) is 5.26 Å². The van der Waals surface area contributed by atoms with Gasteiger partial charge in [0.1, 0.15) is 6.04 Å². The van der Waals surface area contributed by atoms with Crippen molar-refractivity contribution < 1.29 is 0 Å². The first-order chi connectivity index (χ1) is 9.76. The maximum Gasteiger partial charge on any atom is 0.140 e. The predicted octanol–water partition coefficient (Wildman–Crippen LogP) is 4.89. The van der Waals surface area contributed by atoms with Gasteiger partial charge < -0.3 is 5.32 Å². The van der Waals surface area contributed by atoms with Gasteiger partial charge in [0.25, 0.3) is 0 Å². The molecule has 1 atom stereocenters. The molecule has 1 aliphatic rings. The van der Waals surface area contributed by atoms with Crippen molar-refractivity contribution in [2.45, 2.75) is 24.8 Å². The smallest absolute Gasteiger partial charge is 0.140 e. The minimum absolute atomic E-state index is 0.360. The summed E-state index contributed by atoms with van der Waals surface area (Å²) in [4.78, 5) is 0. The van der Waals surface area contributed by atoms with Gasteiger partial charge in [-0.05, 0) is 48.1 Å². The van der Waals surface area contributed by atoms with Crippen LogP contribution in [0, 0.1) is 11.3 Å². The zero-order valence-corrected chi connectivity index (χ0v) is 11.8. The van der Waals surface area contributed by atoms with Crippen LogP contribution in [-0.2, 0) is 0 Å². The van der Waals surface area contributed by atoms with Crippen molar-refractivity contribution in [2.24, 2.45) is 0 Å². The van der Waals surface area contributed by atoms with E-state index >= 15 is 0 Å². The fraction of sp³-hybridized carbons (Fsp3) is 0.235. The third kappa shape index (κ3) is 2.95. The van der Waals surface area contributed by atoms with Crippen molar-refractivity contribution >= 4 is 17.3 Å². The Labute approximate surface area is 124 Å². The molecule has 0 saturated heterocycles. The van der Waals surface area contributed by atoms with Crippen LogP contribution in [-0.4, -0.2) is 0 Å². The van der Waals surface area contributed by atoms with Gasteiger partial charge in [-0.25, -0.2) is 0 Å². The third-order valence-electron chi connectivity index (χ3n) is 3.58. The molecule has 100 valence electrons. The number of benzene rings is 2. The summed E-state index contributed by atoms with van der Waals surface area (Å²) in [6.45, 7) is 0. The summed E-state index contributed by atoms with van der Waals surface area (Å²) in [6, 6.07) is 17.7. The molecule has 0 heterocycles. The van der Waals surface area contributed by atoms with Crippen molar-refractivity contribution in [2.75, 3.05) is 5.32 Å². The minimum atomic E-state index is -0.360. The van der Waals surface area contributed by atoms with Gasteiger partial charge in [-0.2, -0.15) is 5.26 Å². The monoisotopic (exact) mass is 282 g/mol. The summed E-state index contributed by atoms with van der Waals surface area (Å²) in [5.41, 5.74) is 3.22. The van der Waals surface area contributed by atoms with Gasteiger partial charge in [0.05, 0.1) is 6.07 Å². The zero-order chi connectivity index (χ0) is 13.9. The van der Waals surface area contributed by atoms with E-state index in [4.69, 9.17) is 11.6 Å². The summed E-state index contributed by atoms with van der Waals surface area (Å²) in [6.07, 6.45) is 2.59. The maximum atomic E-state index is 9.36. The molecule has 3 heteroatoms. The van der Waals surface area contributed by atoms with E-state index in [1.165, 1.54) is 18.4 Å². The summed E-state index contributed by atoms with van der Waals surface area (Å²) in [7, 11) is 0. The number of nitriles is 1. The molecule has 0 amide bonds. The number of halogens is 1. The Hall–Kier alpha value is -1.98. The lowest BCUT2D eigenvalue weighted by molar-refractivity contribution is 0.991. The van der Waals surface area contributed by atoms with Crippen molar-refractivity contribution in [3.8, 4) is 6.07 Å². The lowest BCUT2D eigenvalue weighted by Gasteiger charge is -2.14. The molecule has 0 spiro atoms. The second-order valence-electron chi connectivity index (χ2n) is 5.16. The Balaban J connectivity index is 1.77. The van der Waals surface area contributed by atoms with Gasteiger partial charge in [-0.15, -0.1) is 0 Å². The molecular formula is C17H15ClN2. The van der Waals surface area contributed by atoms with E-state index < -0.39 is 0 Å². The molecule has 0 radical (unpaired) electrons. The fourth-order valence-corrected chi connectivity index (χ4v) is 2.50. The quantitative estimate of drug-likeness (QED) is 0.866. The molecule has 2 aromatic rings. The van der Waals surface area contributed by atoms with Crippen LogP contribution in [0.4, 0.5) is 5.69 Å². The Kier molecular flexibility index (Phi) is 3.62. The molecule has 1 fully saturated rings. The summed E-state index contributed by atoms with van der Waals surface area (Å²) in [5, 5.41) is 13.2. The van der Waals surface area contributed by atoms with Crippen molar-refractivity contribution in [3.63, 3.8) is 0 Å². The lowest BCUT2D eigenvalue weighted by atomic mass is 10.0. The summed E-state index contributed by atoms with van der Waals surface area (Å²) >= 11 is 5.96. The first kappa shape index (κ1) is 13.0. The van der Waals surface area contributed by atoms with Crippen LogP contribution in [0.25, 0.3) is 0 Å².